The summed E-state index contributed by atoms with van der Waals surface area (Å²) in [5.41, 5.74) is 3.91. The van der Waals surface area contributed by atoms with E-state index in [9.17, 15) is 14.7 Å². The van der Waals surface area contributed by atoms with Crippen molar-refractivity contribution in [2.45, 2.75) is 70.1 Å². The van der Waals surface area contributed by atoms with Gasteiger partial charge in [-0.3, -0.25) is 14.3 Å². The van der Waals surface area contributed by atoms with Crippen molar-refractivity contribution in [1.82, 2.24) is 14.7 Å². The first kappa shape index (κ1) is 31.3. The van der Waals surface area contributed by atoms with E-state index in [4.69, 9.17) is 4.74 Å². The number of aromatic nitrogens is 2. The normalized spacial score (nSPS) is 23.1. The van der Waals surface area contributed by atoms with Gasteiger partial charge in [0.2, 0.25) is 5.91 Å². The van der Waals surface area contributed by atoms with Crippen LogP contribution < -0.4 is 10.6 Å². The molecule has 0 bridgehead atoms. The molecule has 0 radical (unpaired) electrons. The predicted octanol–water partition coefficient (Wildman–Crippen LogP) is 6.08. The van der Waals surface area contributed by atoms with Gasteiger partial charge in [0.25, 0.3) is 5.91 Å². The second kappa shape index (κ2) is 13.4. The average Bonchev–Trinajstić information content (AvgIpc) is 3.71. The summed E-state index contributed by atoms with van der Waals surface area (Å²) < 4.78 is 22.6. The van der Waals surface area contributed by atoms with E-state index in [1.165, 1.54) is 6.07 Å². The zero-order chi connectivity index (χ0) is 32.5. The molecular formula is C37H42FN5O4. The number of aliphatic hydroxyl groups excluding tert-OH is 1. The van der Waals surface area contributed by atoms with E-state index < -0.39 is 17.8 Å². The van der Waals surface area contributed by atoms with E-state index in [0.29, 0.717) is 30.3 Å². The smallest absolute Gasteiger partial charge is 0.257 e. The van der Waals surface area contributed by atoms with Crippen molar-refractivity contribution >= 4 is 34.1 Å². The van der Waals surface area contributed by atoms with Crippen molar-refractivity contribution in [3.8, 4) is 0 Å². The molecule has 7 rings (SSSR count). The highest BCUT2D eigenvalue weighted by Crippen LogP contribution is 2.49. The van der Waals surface area contributed by atoms with Crippen LogP contribution in [-0.4, -0.2) is 63.5 Å². The lowest BCUT2D eigenvalue weighted by Crippen LogP contribution is -2.54. The van der Waals surface area contributed by atoms with Crippen LogP contribution in [0.3, 0.4) is 0 Å². The number of aryl methyl sites for hydroxylation is 1. The molecule has 47 heavy (non-hydrogen) atoms. The van der Waals surface area contributed by atoms with Gasteiger partial charge in [-0.05, 0) is 92.5 Å². The minimum Gasteiger partial charge on any atom is -0.394 e. The van der Waals surface area contributed by atoms with Gasteiger partial charge in [0.05, 0.1) is 36.2 Å². The topological polar surface area (TPSA) is 109 Å². The number of halogens is 1. The summed E-state index contributed by atoms with van der Waals surface area (Å²) in [6, 6.07) is 18.0. The van der Waals surface area contributed by atoms with Gasteiger partial charge < -0.3 is 25.4 Å². The number of amides is 2. The van der Waals surface area contributed by atoms with Gasteiger partial charge >= 0.3 is 0 Å². The van der Waals surface area contributed by atoms with Crippen molar-refractivity contribution in [3.05, 3.63) is 89.4 Å². The molecule has 1 aromatic heterocycles. The van der Waals surface area contributed by atoms with Crippen molar-refractivity contribution in [3.63, 3.8) is 0 Å². The van der Waals surface area contributed by atoms with Crippen molar-refractivity contribution < 1.29 is 23.8 Å². The first-order valence-electron chi connectivity index (χ1n) is 16.8. The third-order valence-electron chi connectivity index (χ3n) is 10.2. The standard InChI is InChI=1S/C37H42FN5O4/c1-23-4-2-6-31(38)34(23)37(46)43-33-7-3-5-25(33)21-30(35(43)24-8-10-27(11-9-24)39-28-14-18-47-19-15-28)36(45)40-29-12-13-32-26(20-29)22-42(41-32)16-17-44/h2,4,6,8-13,20,22,25,28,30,33,35,39,44H,3,5,7,14-19,21H2,1H3,(H,40,45). The number of nitrogens with one attached hydrogen (secondary N) is 2. The number of hydrogen-bond donors (Lipinski definition) is 3. The summed E-state index contributed by atoms with van der Waals surface area (Å²) in [5, 5.41) is 21.4. The second-order valence-corrected chi connectivity index (χ2v) is 13.2. The fourth-order valence-electron chi connectivity index (χ4n) is 7.93. The molecule has 3 fully saturated rings. The van der Waals surface area contributed by atoms with Crippen LogP contribution in [-0.2, 0) is 16.1 Å². The monoisotopic (exact) mass is 639 g/mol. The summed E-state index contributed by atoms with van der Waals surface area (Å²) in [4.78, 5) is 30.7. The highest BCUT2D eigenvalue weighted by Gasteiger charge is 2.50. The number of hydrogen-bond acceptors (Lipinski definition) is 6. The molecule has 3 heterocycles. The summed E-state index contributed by atoms with van der Waals surface area (Å²) in [5.74, 6) is -1.47. The zero-order valence-corrected chi connectivity index (χ0v) is 26.7. The van der Waals surface area contributed by atoms with Crippen LogP contribution >= 0.6 is 0 Å². The third-order valence-corrected chi connectivity index (χ3v) is 10.2. The Morgan fingerprint density at radius 2 is 1.81 bits per heavy atom. The van der Waals surface area contributed by atoms with Crippen LogP contribution in [0.5, 0.6) is 0 Å². The number of aliphatic hydroxyl groups is 1. The van der Waals surface area contributed by atoms with Gasteiger partial charge in [0.1, 0.15) is 5.82 Å². The number of ether oxygens (including phenoxy) is 1. The molecule has 9 nitrogen and oxygen atoms in total. The molecule has 10 heteroatoms. The Bertz CT molecular complexity index is 1730. The number of nitrogens with zero attached hydrogens (tertiary/aromatic N) is 3. The van der Waals surface area contributed by atoms with Crippen molar-refractivity contribution in [1.29, 1.82) is 0 Å². The van der Waals surface area contributed by atoms with Crippen LogP contribution in [0.1, 0.15) is 66.1 Å². The molecule has 4 aromatic rings. The first-order chi connectivity index (χ1) is 22.9. The Morgan fingerprint density at radius 1 is 1.02 bits per heavy atom. The van der Waals surface area contributed by atoms with Crippen molar-refractivity contribution in [2.24, 2.45) is 11.8 Å². The molecule has 246 valence electrons. The second-order valence-electron chi connectivity index (χ2n) is 13.2. The summed E-state index contributed by atoms with van der Waals surface area (Å²) >= 11 is 0. The van der Waals surface area contributed by atoms with Crippen LogP contribution in [0.2, 0.25) is 0 Å². The van der Waals surface area contributed by atoms with Crippen LogP contribution in [0, 0.1) is 24.6 Å². The molecule has 1 saturated carbocycles. The highest BCUT2D eigenvalue weighted by molar-refractivity contribution is 5.99. The van der Waals surface area contributed by atoms with E-state index in [1.54, 1.807) is 23.7 Å². The molecule has 3 aromatic carbocycles. The van der Waals surface area contributed by atoms with Gasteiger partial charge in [-0.1, -0.05) is 30.7 Å². The fourth-order valence-corrected chi connectivity index (χ4v) is 7.93. The molecule has 3 aliphatic rings. The van der Waals surface area contributed by atoms with E-state index >= 15 is 4.39 Å². The predicted molar refractivity (Wildman–Crippen MR) is 179 cm³/mol. The van der Waals surface area contributed by atoms with Crippen LogP contribution in [0.25, 0.3) is 10.9 Å². The lowest BCUT2D eigenvalue weighted by atomic mass is 9.76. The number of likely N-dealkylation sites (tertiary alicyclic amines) is 1. The number of fused-ring (bicyclic) bond motifs is 2. The number of benzene rings is 3. The Labute approximate surface area is 274 Å². The van der Waals surface area contributed by atoms with Crippen LogP contribution in [0.15, 0.2) is 66.9 Å². The van der Waals surface area contributed by atoms with Gasteiger partial charge in [-0.2, -0.15) is 5.10 Å². The van der Waals surface area contributed by atoms with E-state index in [0.717, 1.165) is 67.5 Å². The Kier molecular flexibility index (Phi) is 8.96. The molecule has 2 saturated heterocycles. The SMILES string of the molecule is Cc1cccc(F)c1C(=O)N1C2CCCC2CC(C(=O)Nc2ccc3nn(CCO)cc3c2)C1c1ccc(NC2CCOCC2)cc1. The molecule has 2 aliphatic heterocycles. The van der Waals surface area contributed by atoms with Gasteiger partial charge in [0, 0.05) is 48.3 Å². The van der Waals surface area contributed by atoms with Crippen molar-refractivity contribution in [2.75, 3.05) is 30.5 Å². The van der Waals surface area contributed by atoms with E-state index in [2.05, 4.69) is 15.7 Å². The van der Waals surface area contributed by atoms with Crippen LogP contribution in [0.4, 0.5) is 15.8 Å². The van der Waals surface area contributed by atoms with Gasteiger partial charge in [0.15, 0.2) is 0 Å². The maximum Gasteiger partial charge on any atom is 0.257 e. The lowest BCUT2D eigenvalue weighted by molar-refractivity contribution is -0.125. The minimum absolute atomic E-state index is 0.0168. The quantitative estimate of drug-likeness (QED) is 0.216. The number of carbonyl (C=O) groups excluding carboxylic acids is 2. The Morgan fingerprint density at radius 3 is 2.57 bits per heavy atom. The number of carbonyl (C=O) groups is 2. The number of anilines is 2. The lowest BCUT2D eigenvalue weighted by Gasteiger charge is -2.48. The third kappa shape index (κ3) is 6.36. The molecule has 3 N–H and O–H groups in total. The largest absolute Gasteiger partial charge is 0.394 e. The van der Waals surface area contributed by atoms with E-state index in [1.807, 2.05) is 53.6 Å². The molecule has 1 aliphatic carbocycles. The zero-order valence-electron chi connectivity index (χ0n) is 26.7. The first-order valence-corrected chi connectivity index (χ1v) is 16.8. The Balaban J connectivity index is 1.24. The van der Waals surface area contributed by atoms with Gasteiger partial charge in [-0.25, -0.2) is 4.39 Å². The summed E-state index contributed by atoms with van der Waals surface area (Å²) in [6.45, 7) is 3.61. The molecular weight excluding hydrogens is 597 g/mol. The highest BCUT2D eigenvalue weighted by atomic mass is 19.1. The minimum atomic E-state index is -0.575. The molecule has 4 atom stereocenters. The average molecular weight is 640 g/mol. The fraction of sp³-hybridized carbons (Fsp3) is 0.432. The van der Waals surface area contributed by atoms with E-state index in [-0.39, 0.29) is 35.9 Å². The molecule has 0 spiro atoms. The molecule has 2 amide bonds. The molecule has 4 unspecified atom stereocenters. The maximum absolute atomic E-state index is 15.4. The number of piperidine rings is 1. The maximum atomic E-state index is 15.4. The Hall–Kier alpha value is -4.28. The summed E-state index contributed by atoms with van der Waals surface area (Å²) in [7, 11) is 0. The summed E-state index contributed by atoms with van der Waals surface area (Å²) in [6.07, 6.45) is 7.07. The van der Waals surface area contributed by atoms with Gasteiger partial charge in [-0.15, -0.1) is 0 Å². The number of rotatable bonds is 8.